The van der Waals surface area contributed by atoms with E-state index < -0.39 is 0 Å². The van der Waals surface area contributed by atoms with Gasteiger partial charge in [0, 0.05) is 18.6 Å². The molecule has 0 aliphatic rings. The number of hydrogen-bond donors (Lipinski definition) is 0. The summed E-state index contributed by atoms with van der Waals surface area (Å²) >= 11 is 0. The van der Waals surface area contributed by atoms with Gasteiger partial charge in [0.05, 0.1) is 5.84 Å². The molecular weight excluding hydrogens is 172 g/mol. The Kier molecular flexibility index (Phi) is 6.60. The van der Waals surface area contributed by atoms with E-state index in [-0.39, 0.29) is 0 Å². The van der Waals surface area contributed by atoms with Crippen molar-refractivity contribution in [2.24, 2.45) is 4.99 Å². The van der Waals surface area contributed by atoms with Crippen molar-refractivity contribution in [1.29, 1.82) is 0 Å². The molecule has 0 spiro atoms. The van der Waals surface area contributed by atoms with Gasteiger partial charge in [-0.2, -0.15) is 0 Å². The Morgan fingerprint density at radius 2 is 1.79 bits per heavy atom. The molecule has 0 bridgehead atoms. The predicted octanol–water partition coefficient (Wildman–Crippen LogP) is 3.32. The van der Waals surface area contributed by atoms with E-state index in [1.807, 2.05) is 0 Å². The quantitative estimate of drug-likeness (QED) is 0.489. The highest BCUT2D eigenvalue weighted by atomic mass is 15.2. The summed E-state index contributed by atoms with van der Waals surface area (Å²) in [7, 11) is 0. The summed E-state index contributed by atoms with van der Waals surface area (Å²) in [6.07, 6.45) is 2.50. The van der Waals surface area contributed by atoms with Gasteiger partial charge in [-0.3, -0.25) is 4.99 Å². The molecule has 0 atom stereocenters. The molecule has 0 heterocycles. The summed E-state index contributed by atoms with van der Waals surface area (Å²) in [5.74, 6) is 1.18. The average Bonchev–Trinajstić information content (AvgIpc) is 2.02. The van der Waals surface area contributed by atoms with Gasteiger partial charge < -0.3 is 4.90 Å². The second kappa shape index (κ2) is 6.86. The Bertz CT molecular complexity index is 171. The number of hydrogen-bond acceptors (Lipinski definition) is 1. The first-order chi connectivity index (χ1) is 6.49. The first-order valence-corrected chi connectivity index (χ1v) is 5.80. The Morgan fingerprint density at radius 1 is 1.21 bits per heavy atom. The van der Waals surface area contributed by atoms with Gasteiger partial charge in [0.1, 0.15) is 0 Å². The van der Waals surface area contributed by atoms with Crippen LogP contribution in [-0.4, -0.2) is 29.4 Å². The SMILES string of the molecule is CCCCN(C(C)=NC(C)C)C(C)C. The van der Waals surface area contributed by atoms with Crippen LogP contribution in [0.2, 0.25) is 0 Å². The average molecular weight is 198 g/mol. The van der Waals surface area contributed by atoms with Gasteiger partial charge in [0.15, 0.2) is 0 Å². The molecule has 0 aromatic rings. The molecule has 0 aliphatic heterocycles. The van der Waals surface area contributed by atoms with Crippen LogP contribution >= 0.6 is 0 Å². The number of rotatable bonds is 5. The zero-order valence-corrected chi connectivity index (χ0v) is 10.7. The highest BCUT2D eigenvalue weighted by Gasteiger charge is 2.10. The van der Waals surface area contributed by atoms with Crippen LogP contribution in [-0.2, 0) is 0 Å². The normalized spacial score (nSPS) is 12.7. The van der Waals surface area contributed by atoms with Gasteiger partial charge in [0.2, 0.25) is 0 Å². The second-order valence-corrected chi connectivity index (χ2v) is 4.41. The van der Waals surface area contributed by atoms with Gasteiger partial charge in [-0.05, 0) is 41.0 Å². The Labute approximate surface area is 89.4 Å². The van der Waals surface area contributed by atoms with Crippen LogP contribution in [0.5, 0.6) is 0 Å². The molecule has 0 amide bonds. The van der Waals surface area contributed by atoms with Gasteiger partial charge in [0.25, 0.3) is 0 Å². The molecular formula is C12H26N2. The van der Waals surface area contributed by atoms with Crippen molar-refractivity contribution in [3.8, 4) is 0 Å². The number of unbranched alkanes of at least 4 members (excludes halogenated alkanes) is 1. The van der Waals surface area contributed by atoms with E-state index in [9.17, 15) is 0 Å². The summed E-state index contributed by atoms with van der Waals surface area (Å²) < 4.78 is 0. The molecule has 2 heteroatoms. The van der Waals surface area contributed by atoms with Gasteiger partial charge in [-0.15, -0.1) is 0 Å². The monoisotopic (exact) mass is 198 g/mol. The van der Waals surface area contributed by atoms with Crippen molar-refractivity contribution in [3.05, 3.63) is 0 Å². The molecule has 0 N–H and O–H groups in total. The van der Waals surface area contributed by atoms with Crippen LogP contribution < -0.4 is 0 Å². The minimum Gasteiger partial charge on any atom is -0.358 e. The molecule has 0 fully saturated rings. The van der Waals surface area contributed by atoms with Crippen molar-refractivity contribution in [2.75, 3.05) is 6.54 Å². The number of amidine groups is 1. The van der Waals surface area contributed by atoms with Gasteiger partial charge in [-0.1, -0.05) is 13.3 Å². The fourth-order valence-electron chi connectivity index (χ4n) is 1.57. The van der Waals surface area contributed by atoms with E-state index in [0.717, 1.165) is 6.54 Å². The van der Waals surface area contributed by atoms with Crippen LogP contribution in [0.15, 0.2) is 4.99 Å². The van der Waals surface area contributed by atoms with E-state index in [0.29, 0.717) is 12.1 Å². The Hall–Kier alpha value is -0.530. The smallest absolute Gasteiger partial charge is 0.0962 e. The van der Waals surface area contributed by atoms with Gasteiger partial charge >= 0.3 is 0 Å². The van der Waals surface area contributed by atoms with Crippen LogP contribution in [0.3, 0.4) is 0 Å². The van der Waals surface area contributed by atoms with Crippen LogP contribution in [0, 0.1) is 0 Å². The van der Waals surface area contributed by atoms with Crippen molar-refractivity contribution in [2.45, 2.75) is 66.5 Å². The van der Waals surface area contributed by atoms with E-state index in [4.69, 9.17) is 0 Å². The van der Waals surface area contributed by atoms with Crippen LogP contribution in [0.1, 0.15) is 54.4 Å². The molecule has 84 valence electrons. The summed E-state index contributed by atoms with van der Waals surface area (Å²) in [5, 5.41) is 0. The fourth-order valence-corrected chi connectivity index (χ4v) is 1.57. The van der Waals surface area contributed by atoms with Crippen LogP contribution in [0.4, 0.5) is 0 Å². The maximum atomic E-state index is 4.59. The van der Waals surface area contributed by atoms with Gasteiger partial charge in [-0.25, -0.2) is 0 Å². The number of nitrogens with zero attached hydrogens (tertiary/aromatic N) is 2. The van der Waals surface area contributed by atoms with E-state index in [2.05, 4.69) is 51.4 Å². The van der Waals surface area contributed by atoms with Crippen molar-refractivity contribution in [1.82, 2.24) is 4.90 Å². The summed E-state index contributed by atoms with van der Waals surface area (Å²) in [4.78, 5) is 6.99. The molecule has 14 heavy (non-hydrogen) atoms. The van der Waals surface area contributed by atoms with E-state index in [1.165, 1.54) is 18.7 Å². The molecule has 0 rings (SSSR count). The minimum atomic E-state index is 0.401. The first-order valence-electron chi connectivity index (χ1n) is 5.80. The molecule has 0 saturated carbocycles. The lowest BCUT2D eigenvalue weighted by Gasteiger charge is -2.28. The summed E-state index contributed by atoms with van der Waals surface area (Å²) in [6.45, 7) is 14.2. The zero-order valence-electron chi connectivity index (χ0n) is 10.7. The molecule has 0 radical (unpaired) electrons. The maximum Gasteiger partial charge on any atom is 0.0962 e. The lowest BCUT2D eigenvalue weighted by molar-refractivity contribution is 0.339. The van der Waals surface area contributed by atoms with Crippen molar-refractivity contribution < 1.29 is 0 Å². The zero-order chi connectivity index (χ0) is 11.1. The lowest BCUT2D eigenvalue weighted by atomic mass is 10.2. The van der Waals surface area contributed by atoms with Crippen LogP contribution in [0.25, 0.3) is 0 Å². The first kappa shape index (κ1) is 13.5. The van der Waals surface area contributed by atoms with Crippen molar-refractivity contribution >= 4 is 5.84 Å². The second-order valence-electron chi connectivity index (χ2n) is 4.41. The maximum absolute atomic E-state index is 4.59. The Balaban J connectivity index is 4.32. The largest absolute Gasteiger partial charge is 0.358 e. The van der Waals surface area contributed by atoms with E-state index >= 15 is 0 Å². The highest BCUT2D eigenvalue weighted by molar-refractivity contribution is 5.80. The van der Waals surface area contributed by atoms with E-state index in [1.54, 1.807) is 0 Å². The standard InChI is InChI=1S/C12H26N2/c1-7-8-9-14(11(4)5)12(6)13-10(2)3/h10-11H,7-9H2,1-6H3. The molecule has 0 saturated heterocycles. The summed E-state index contributed by atoms with van der Waals surface area (Å²) in [6, 6.07) is 0.960. The topological polar surface area (TPSA) is 15.6 Å². The summed E-state index contributed by atoms with van der Waals surface area (Å²) in [5.41, 5.74) is 0. The third kappa shape index (κ3) is 5.25. The Morgan fingerprint density at radius 3 is 2.14 bits per heavy atom. The highest BCUT2D eigenvalue weighted by Crippen LogP contribution is 2.04. The third-order valence-corrected chi connectivity index (χ3v) is 2.24. The molecule has 0 unspecified atom stereocenters. The van der Waals surface area contributed by atoms with Crippen molar-refractivity contribution in [3.63, 3.8) is 0 Å². The lowest BCUT2D eigenvalue weighted by Crippen LogP contribution is -2.36. The molecule has 0 aromatic heterocycles. The number of aliphatic imine (C=N–C) groups is 1. The molecule has 2 nitrogen and oxygen atoms in total. The predicted molar refractivity (Wildman–Crippen MR) is 65.0 cm³/mol. The molecule has 0 aromatic carbocycles. The molecule has 0 aliphatic carbocycles. The third-order valence-electron chi connectivity index (χ3n) is 2.24. The minimum absolute atomic E-state index is 0.401. The fraction of sp³-hybridized carbons (Fsp3) is 0.917.